The van der Waals surface area contributed by atoms with Crippen LogP contribution in [0.3, 0.4) is 0 Å². The van der Waals surface area contributed by atoms with E-state index in [1.165, 1.54) is 12.1 Å². The summed E-state index contributed by atoms with van der Waals surface area (Å²) < 4.78 is 25.0. The average Bonchev–Trinajstić information content (AvgIpc) is 2.53. The van der Waals surface area contributed by atoms with Crippen LogP contribution < -0.4 is 9.62 Å². The van der Waals surface area contributed by atoms with Crippen molar-refractivity contribution in [1.82, 2.24) is 10.3 Å². The van der Waals surface area contributed by atoms with Crippen LogP contribution in [0.4, 0.5) is 5.69 Å². The Balaban J connectivity index is 2.15. The van der Waals surface area contributed by atoms with Gasteiger partial charge in [-0.1, -0.05) is 29.3 Å². The van der Waals surface area contributed by atoms with E-state index in [0.717, 1.165) is 16.1 Å². The van der Waals surface area contributed by atoms with Crippen molar-refractivity contribution in [2.24, 2.45) is 0 Å². The molecule has 9 heteroatoms. The number of carbonyl (C=O) groups excluding carboxylic acids is 1. The van der Waals surface area contributed by atoms with Gasteiger partial charge < -0.3 is 5.32 Å². The number of nitrogens with one attached hydrogen (secondary N) is 1. The van der Waals surface area contributed by atoms with Crippen molar-refractivity contribution in [3.63, 3.8) is 0 Å². The lowest BCUT2D eigenvalue weighted by atomic mass is 10.2. The maximum Gasteiger partial charge on any atom is 0.241 e. The predicted molar refractivity (Wildman–Crippen MR) is 94.7 cm³/mol. The van der Waals surface area contributed by atoms with E-state index in [1.54, 1.807) is 30.6 Å². The smallest absolute Gasteiger partial charge is 0.241 e. The molecule has 0 aliphatic rings. The first-order valence-corrected chi connectivity index (χ1v) is 9.47. The van der Waals surface area contributed by atoms with E-state index in [1.807, 2.05) is 0 Å². The lowest BCUT2D eigenvalue weighted by Gasteiger charge is -2.23. The Morgan fingerprint density at radius 2 is 1.88 bits per heavy atom. The van der Waals surface area contributed by atoms with Gasteiger partial charge in [0.15, 0.2) is 0 Å². The van der Waals surface area contributed by atoms with Crippen molar-refractivity contribution in [2.45, 2.75) is 6.54 Å². The van der Waals surface area contributed by atoms with Gasteiger partial charge in [0.05, 0.1) is 22.0 Å². The molecular weight excluding hydrogens is 373 g/mol. The topological polar surface area (TPSA) is 79.4 Å². The molecule has 2 aromatic rings. The SMILES string of the molecule is CS(=O)(=O)N(CC(=O)NCc1ccncc1)c1cccc(Cl)c1Cl. The quantitative estimate of drug-likeness (QED) is 0.825. The van der Waals surface area contributed by atoms with Gasteiger partial charge in [-0.3, -0.25) is 14.1 Å². The molecule has 0 saturated heterocycles. The van der Waals surface area contributed by atoms with Crippen LogP contribution in [0.25, 0.3) is 0 Å². The summed E-state index contributed by atoms with van der Waals surface area (Å²) in [5.41, 5.74) is 1.01. The number of rotatable bonds is 6. The number of halogens is 2. The molecule has 0 bridgehead atoms. The van der Waals surface area contributed by atoms with E-state index >= 15 is 0 Å². The van der Waals surface area contributed by atoms with Gasteiger partial charge in [-0.15, -0.1) is 0 Å². The summed E-state index contributed by atoms with van der Waals surface area (Å²) in [6.45, 7) is -0.133. The van der Waals surface area contributed by atoms with E-state index in [-0.39, 0.29) is 22.3 Å². The van der Waals surface area contributed by atoms with Gasteiger partial charge in [0, 0.05) is 18.9 Å². The number of carbonyl (C=O) groups is 1. The van der Waals surface area contributed by atoms with Crippen LogP contribution in [-0.2, 0) is 21.4 Å². The fourth-order valence-electron chi connectivity index (χ4n) is 1.95. The fraction of sp³-hybridized carbons (Fsp3) is 0.200. The first-order chi connectivity index (χ1) is 11.3. The second-order valence-corrected chi connectivity index (χ2v) is 7.67. The average molecular weight is 388 g/mol. The summed E-state index contributed by atoms with van der Waals surface area (Å²) >= 11 is 12.0. The van der Waals surface area contributed by atoms with Crippen molar-refractivity contribution in [1.29, 1.82) is 0 Å². The van der Waals surface area contributed by atoms with Gasteiger partial charge in [-0.2, -0.15) is 0 Å². The molecule has 0 saturated carbocycles. The zero-order chi connectivity index (χ0) is 17.7. The van der Waals surface area contributed by atoms with E-state index in [4.69, 9.17) is 23.2 Å². The molecule has 1 heterocycles. The number of amides is 1. The summed E-state index contributed by atoms with van der Waals surface area (Å²) in [4.78, 5) is 16.0. The largest absolute Gasteiger partial charge is 0.350 e. The van der Waals surface area contributed by atoms with E-state index in [0.29, 0.717) is 0 Å². The predicted octanol–water partition coefficient (Wildman–Crippen LogP) is 2.47. The van der Waals surface area contributed by atoms with Crippen molar-refractivity contribution >= 4 is 44.8 Å². The second kappa shape index (κ2) is 7.83. The molecular formula is C15H15Cl2N3O3S. The standard InChI is InChI=1S/C15H15Cl2N3O3S/c1-24(22,23)20(13-4-2-3-12(16)15(13)17)10-14(21)19-9-11-5-7-18-8-6-11/h2-8H,9-10H2,1H3,(H,19,21). The Kier molecular flexibility index (Phi) is 6.04. The van der Waals surface area contributed by atoms with Crippen molar-refractivity contribution in [2.75, 3.05) is 17.1 Å². The first kappa shape index (κ1) is 18.5. The summed E-state index contributed by atoms with van der Waals surface area (Å²) in [6.07, 6.45) is 4.21. The molecule has 2 rings (SSSR count). The molecule has 0 radical (unpaired) electrons. The van der Waals surface area contributed by atoms with Crippen LogP contribution in [-0.4, -0.2) is 32.1 Å². The maximum atomic E-state index is 12.1. The maximum absolute atomic E-state index is 12.1. The Labute approximate surface area is 150 Å². The van der Waals surface area contributed by atoms with E-state index < -0.39 is 22.5 Å². The highest BCUT2D eigenvalue weighted by Crippen LogP contribution is 2.33. The van der Waals surface area contributed by atoms with Crippen LogP contribution >= 0.6 is 23.2 Å². The monoisotopic (exact) mass is 387 g/mol. The van der Waals surface area contributed by atoms with Crippen molar-refractivity contribution in [3.05, 3.63) is 58.3 Å². The third kappa shape index (κ3) is 4.83. The summed E-state index contributed by atoms with van der Waals surface area (Å²) in [6, 6.07) is 8.10. The molecule has 1 amide bonds. The van der Waals surface area contributed by atoms with Gasteiger partial charge in [0.25, 0.3) is 0 Å². The number of pyridine rings is 1. The molecule has 0 atom stereocenters. The molecule has 1 aromatic heterocycles. The molecule has 0 spiro atoms. The number of benzene rings is 1. The minimum atomic E-state index is -3.72. The fourth-order valence-corrected chi connectivity index (χ4v) is 3.26. The lowest BCUT2D eigenvalue weighted by Crippen LogP contribution is -2.40. The van der Waals surface area contributed by atoms with Gasteiger partial charge in [-0.05, 0) is 29.8 Å². The van der Waals surface area contributed by atoms with Crippen LogP contribution in [0.5, 0.6) is 0 Å². The lowest BCUT2D eigenvalue weighted by molar-refractivity contribution is -0.119. The van der Waals surface area contributed by atoms with Crippen LogP contribution in [0.2, 0.25) is 10.0 Å². The highest BCUT2D eigenvalue weighted by atomic mass is 35.5. The molecule has 0 aliphatic carbocycles. The molecule has 1 N–H and O–H groups in total. The van der Waals surface area contributed by atoms with Crippen LogP contribution in [0.15, 0.2) is 42.7 Å². The van der Waals surface area contributed by atoms with Gasteiger partial charge in [0.2, 0.25) is 15.9 Å². The zero-order valence-electron chi connectivity index (χ0n) is 12.7. The molecule has 128 valence electrons. The number of hydrogen-bond donors (Lipinski definition) is 1. The number of hydrogen-bond acceptors (Lipinski definition) is 4. The normalized spacial score (nSPS) is 11.1. The van der Waals surface area contributed by atoms with Gasteiger partial charge in [-0.25, -0.2) is 8.42 Å². The first-order valence-electron chi connectivity index (χ1n) is 6.86. The van der Waals surface area contributed by atoms with E-state index in [9.17, 15) is 13.2 Å². The van der Waals surface area contributed by atoms with Crippen LogP contribution in [0.1, 0.15) is 5.56 Å². The van der Waals surface area contributed by atoms with Crippen molar-refractivity contribution < 1.29 is 13.2 Å². The summed E-state index contributed by atoms with van der Waals surface area (Å²) in [7, 11) is -3.72. The number of aromatic nitrogens is 1. The molecule has 0 fully saturated rings. The van der Waals surface area contributed by atoms with Crippen LogP contribution in [0, 0.1) is 0 Å². The molecule has 6 nitrogen and oxygen atoms in total. The number of sulfonamides is 1. The number of nitrogens with zero attached hydrogens (tertiary/aromatic N) is 2. The highest BCUT2D eigenvalue weighted by molar-refractivity contribution is 7.92. The Morgan fingerprint density at radius 1 is 1.21 bits per heavy atom. The molecule has 1 aromatic carbocycles. The molecule has 0 aliphatic heterocycles. The number of anilines is 1. The van der Waals surface area contributed by atoms with Crippen molar-refractivity contribution in [3.8, 4) is 0 Å². The van der Waals surface area contributed by atoms with Gasteiger partial charge in [0.1, 0.15) is 6.54 Å². The summed E-state index contributed by atoms with van der Waals surface area (Å²) in [5, 5.41) is 2.94. The Bertz CT molecular complexity index is 829. The molecule has 24 heavy (non-hydrogen) atoms. The minimum Gasteiger partial charge on any atom is -0.350 e. The Morgan fingerprint density at radius 3 is 2.50 bits per heavy atom. The van der Waals surface area contributed by atoms with Gasteiger partial charge >= 0.3 is 0 Å². The summed E-state index contributed by atoms with van der Waals surface area (Å²) in [5.74, 6) is -0.465. The Hall–Kier alpha value is -1.83. The third-order valence-corrected chi connectivity index (χ3v) is 5.06. The van der Waals surface area contributed by atoms with E-state index in [2.05, 4.69) is 10.3 Å². The third-order valence-electron chi connectivity index (χ3n) is 3.13. The second-order valence-electron chi connectivity index (χ2n) is 4.97. The zero-order valence-corrected chi connectivity index (χ0v) is 15.1. The minimum absolute atomic E-state index is 0.0755. The highest BCUT2D eigenvalue weighted by Gasteiger charge is 2.23. The molecule has 0 unspecified atom stereocenters.